The number of ether oxygens (including phenoxy) is 1. The molecule has 2 rings (SSSR count). The van der Waals surface area contributed by atoms with Gasteiger partial charge in [-0.05, 0) is 37.6 Å². The first-order chi connectivity index (χ1) is 12.6. The number of hydrogen-bond donors (Lipinski definition) is 0. The summed E-state index contributed by atoms with van der Waals surface area (Å²) in [5.74, 6) is -0.321. The number of carbonyl (C=O) groups is 2. The molecule has 0 N–H and O–H groups in total. The average molecular weight is 418 g/mol. The summed E-state index contributed by atoms with van der Waals surface area (Å²) in [7, 11) is -3.66. The highest BCUT2D eigenvalue weighted by Gasteiger charge is 2.28. The molecule has 2 amide bonds. The molecule has 0 bridgehead atoms. The summed E-state index contributed by atoms with van der Waals surface area (Å²) < 4.78 is 30.5. The third-order valence-electron chi connectivity index (χ3n) is 4.27. The second-order valence-electron chi connectivity index (χ2n) is 6.27. The molecule has 1 aromatic carbocycles. The van der Waals surface area contributed by atoms with Crippen LogP contribution in [0.15, 0.2) is 18.2 Å². The van der Waals surface area contributed by atoms with Crippen molar-refractivity contribution in [1.82, 2.24) is 9.80 Å². The summed E-state index contributed by atoms with van der Waals surface area (Å²) in [6, 6.07) is 4.83. The van der Waals surface area contributed by atoms with Crippen molar-refractivity contribution in [2.24, 2.45) is 0 Å². The van der Waals surface area contributed by atoms with Crippen LogP contribution < -0.4 is 4.31 Å². The number of sulfonamides is 1. The van der Waals surface area contributed by atoms with Gasteiger partial charge >= 0.3 is 6.09 Å². The van der Waals surface area contributed by atoms with Crippen LogP contribution in [0.4, 0.5) is 10.5 Å². The van der Waals surface area contributed by atoms with Gasteiger partial charge in [-0.3, -0.25) is 9.10 Å². The van der Waals surface area contributed by atoms with Crippen LogP contribution in [0.1, 0.15) is 12.5 Å². The lowest BCUT2D eigenvalue weighted by Gasteiger charge is -2.35. The fourth-order valence-electron chi connectivity index (χ4n) is 2.86. The third kappa shape index (κ3) is 5.49. The Hall–Kier alpha value is -2.00. The Morgan fingerprint density at radius 1 is 1.19 bits per heavy atom. The smallest absolute Gasteiger partial charge is 0.409 e. The number of amides is 2. The van der Waals surface area contributed by atoms with Crippen LogP contribution in [0.5, 0.6) is 0 Å². The first kappa shape index (κ1) is 21.3. The monoisotopic (exact) mass is 417 g/mol. The minimum Gasteiger partial charge on any atom is -0.450 e. The number of nitrogens with zero attached hydrogens (tertiary/aromatic N) is 3. The predicted molar refractivity (Wildman–Crippen MR) is 104 cm³/mol. The van der Waals surface area contributed by atoms with E-state index in [-0.39, 0.29) is 12.5 Å². The van der Waals surface area contributed by atoms with Crippen molar-refractivity contribution in [1.29, 1.82) is 0 Å². The van der Waals surface area contributed by atoms with Gasteiger partial charge in [0.1, 0.15) is 6.54 Å². The molecule has 1 saturated heterocycles. The first-order valence-electron chi connectivity index (χ1n) is 8.56. The highest BCUT2D eigenvalue weighted by atomic mass is 35.5. The zero-order valence-electron chi connectivity index (χ0n) is 15.6. The van der Waals surface area contributed by atoms with Crippen molar-refractivity contribution >= 4 is 39.3 Å². The van der Waals surface area contributed by atoms with Gasteiger partial charge < -0.3 is 14.5 Å². The van der Waals surface area contributed by atoms with Crippen LogP contribution in [-0.4, -0.2) is 75.8 Å². The summed E-state index contributed by atoms with van der Waals surface area (Å²) in [4.78, 5) is 27.5. The molecule has 1 aliphatic heterocycles. The Morgan fingerprint density at radius 2 is 1.78 bits per heavy atom. The topological polar surface area (TPSA) is 87.2 Å². The number of benzene rings is 1. The van der Waals surface area contributed by atoms with Gasteiger partial charge in [0.25, 0.3) is 0 Å². The van der Waals surface area contributed by atoms with E-state index in [1.807, 2.05) is 0 Å². The highest BCUT2D eigenvalue weighted by Crippen LogP contribution is 2.25. The van der Waals surface area contributed by atoms with Crippen molar-refractivity contribution < 1.29 is 22.7 Å². The maximum atomic E-state index is 12.7. The van der Waals surface area contributed by atoms with Crippen molar-refractivity contribution in [2.45, 2.75) is 13.8 Å². The molecule has 150 valence electrons. The molecule has 0 saturated carbocycles. The highest BCUT2D eigenvalue weighted by molar-refractivity contribution is 7.92. The Balaban J connectivity index is 2.08. The molecule has 0 unspecified atom stereocenters. The molecule has 0 aromatic heterocycles. The molecule has 1 heterocycles. The average Bonchev–Trinajstić information content (AvgIpc) is 2.59. The van der Waals surface area contributed by atoms with Gasteiger partial charge in [0, 0.05) is 31.2 Å². The summed E-state index contributed by atoms with van der Waals surface area (Å²) in [6.45, 7) is 4.82. The van der Waals surface area contributed by atoms with E-state index in [0.29, 0.717) is 49.1 Å². The normalized spacial score (nSPS) is 14.8. The maximum Gasteiger partial charge on any atom is 0.409 e. The number of halogens is 1. The van der Waals surface area contributed by atoms with E-state index in [0.717, 1.165) is 10.6 Å². The van der Waals surface area contributed by atoms with E-state index >= 15 is 0 Å². The van der Waals surface area contributed by atoms with Crippen molar-refractivity contribution in [3.05, 3.63) is 28.8 Å². The lowest BCUT2D eigenvalue weighted by Crippen LogP contribution is -2.53. The van der Waals surface area contributed by atoms with Gasteiger partial charge in [0.15, 0.2) is 0 Å². The number of hydrogen-bond acceptors (Lipinski definition) is 5. The number of carbonyl (C=O) groups excluding carboxylic acids is 2. The van der Waals surface area contributed by atoms with E-state index in [4.69, 9.17) is 16.3 Å². The van der Waals surface area contributed by atoms with Crippen LogP contribution in [0, 0.1) is 6.92 Å². The molecule has 1 aliphatic rings. The van der Waals surface area contributed by atoms with Gasteiger partial charge in [-0.25, -0.2) is 13.2 Å². The SMILES string of the molecule is CCOC(=O)N1CCN(C(=O)CN(c2ccc(Cl)cc2C)S(C)(=O)=O)CC1. The molecule has 1 aromatic rings. The van der Waals surface area contributed by atoms with Crippen LogP contribution in [0.2, 0.25) is 5.02 Å². The minimum atomic E-state index is -3.66. The zero-order chi connectivity index (χ0) is 20.2. The van der Waals surface area contributed by atoms with Crippen LogP contribution in [-0.2, 0) is 19.6 Å². The van der Waals surface area contributed by atoms with Crippen LogP contribution in [0.25, 0.3) is 0 Å². The lowest BCUT2D eigenvalue weighted by atomic mass is 10.2. The fourth-order valence-corrected chi connectivity index (χ4v) is 3.99. The van der Waals surface area contributed by atoms with Gasteiger partial charge in [-0.2, -0.15) is 0 Å². The maximum absolute atomic E-state index is 12.7. The van der Waals surface area contributed by atoms with Gasteiger partial charge in [0.05, 0.1) is 18.6 Å². The first-order valence-corrected chi connectivity index (χ1v) is 10.8. The van der Waals surface area contributed by atoms with E-state index < -0.39 is 16.1 Å². The van der Waals surface area contributed by atoms with Crippen molar-refractivity contribution in [3.63, 3.8) is 0 Å². The van der Waals surface area contributed by atoms with E-state index in [1.54, 1.807) is 36.9 Å². The molecule has 0 atom stereocenters. The van der Waals surface area contributed by atoms with E-state index in [2.05, 4.69) is 0 Å². The Morgan fingerprint density at radius 3 is 2.30 bits per heavy atom. The van der Waals surface area contributed by atoms with Crippen molar-refractivity contribution in [3.8, 4) is 0 Å². The molecule has 10 heteroatoms. The molecule has 0 aliphatic carbocycles. The van der Waals surface area contributed by atoms with Gasteiger partial charge in [0.2, 0.25) is 15.9 Å². The number of rotatable bonds is 5. The number of piperazine rings is 1. The molecular formula is C17H24ClN3O5S. The second-order valence-corrected chi connectivity index (χ2v) is 8.61. The molecular weight excluding hydrogens is 394 g/mol. The fraction of sp³-hybridized carbons (Fsp3) is 0.529. The van der Waals surface area contributed by atoms with Crippen molar-refractivity contribution in [2.75, 3.05) is 49.9 Å². The number of anilines is 1. The number of aryl methyl sites for hydroxylation is 1. The predicted octanol–water partition coefficient (Wildman–Crippen LogP) is 1.72. The molecule has 0 spiro atoms. The summed E-state index contributed by atoms with van der Waals surface area (Å²) in [5, 5.41) is 0.492. The van der Waals surface area contributed by atoms with Gasteiger partial charge in [-0.15, -0.1) is 0 Å². The second kappa shape index (κ2) is 8.79. The van der Waals surface area contributed by atoms with Crippen LogP contribution in [0.3, 0.4) is 0 Å². The van der Waals surface area contributed by atoms with Gasteiger partial charge in [-0.1, -0.05) is 11.6 Å². The van der Waals surface area contributed by atoms with Crippen LogP contribution >= 0.6 is 11.6 Å². The summed E-state index contributed by atoms with van der Waals surface area (Å²) >= 11 is 5.94. The third-order valence-corrected chi connectivity index (χ3v) is 5.63. The quantitative estimate of drug-likeness (QED) is 0.727. The van der Waals surface area contributed by atoms with E-state index in [1.165, 1.54) is 4.90 Å². The Bertz CT molecular complexity index is 807. The molecule has 1 fully saturated rings. The van der Waals surface area contributed by atoms with E-state index in [9.17, 15) is 18.0 Å². The Kier molecular flexibility index (Phi) is 6.94. The largest absolute Gasteiger partial charge is 0.450 e. The molecule has 27 heavy (non-hydrogen) atoms. The summed E-state index contributed by atoms with van der Waals surface area (Å²) in [6.07, 6.45) is 0.659. The standard InChI is InChI=1S/C17H24ClN3O5S/c1-4-26-17(23)20-9-7-19(8-10-20)16(22)12-21(27(3,24)25)15-6-5-14(18)11-13(15)2/h5-6,11H,4,7-10,12H2,1-3H3. The zero-order valence-corrected chi connectivity index (χ0v) is 17.2. The Labute approximate surface area is 164 Å². The summed E-state index contributed by atoms with van der Waals surface area (Å²) in [5.41, 5.74) is 1.08. The molecule has 8 nitrogen and oxygen atoms in total. The minimum absolute atomic E-state index is 0.293. The lowest BCUT2D eigenvalue weighted by molar-refractivity contribution is -0.131. The molecule has 0 radical (unpaired) electrons.